The van der Waals surface area contributed by atoms with Crippen LogP contribution < -0.4 is 10.6 Å². The van der Waals surface area contributed by atoms with Crippen molar-refractivity contribution in [2.75, 3.05) is 32.5 Å². The van der Waals surface area contributed by atoms with Gasteiger partial charge in [-0.1, -0.05) is 29.3 Å². The van der Waals surface area contributed by atoms with Gasteiger partial charge in [-0.15, -0.1) is 0 Å². The van der Waals surface area contributed by atoms with Gasteiger partial charge in [0.25, 0.3) is 11.8 Å². The van der Waals surface area contributed by atoms with Gasteiger partial charge in [-0.2, -0.15) is 0 Å². The number of nitrogens with zero attached hydrogens (tertiary/aromatic N) is 2. The highest BCUT2D eigenvalue weighted by Crippen LogP contribution is 2.25. The predicted octanol–water partition coefficient (Wildman–Crippen LogP) is 3.32. The van der Waals surface area contributed by atoms with Crippen LogP contribution in [0.1, 0.15) is 27.4 Å². The zero-order chi connectivity index (χ0) is 19.1. The quantitative estimate of drug-likeness (QED) is 0.706. The summed E-state index contributed by atoms with van der Waals surface area (Å²) in [7, 11) is 3.94. The summed E-state index contributed by atoms with van der Waals surface area (Å²) in [5.41, 5.74) is 0.818. The van der Waals surface area contributed by atoms with E-state index in [4.69, 9.17) is 23.2 Å². The van der Waals surface area contributed by atoms with Crippen molar-refractivity contribution in [2.24, 2.45) is 0 Å². The van der Waals surface area contributed by atoms with Crippen LogP contribution in [0.5, 0.6) is 0 Å². The van der Waals surface area contributed by atoms with E-state index < -0.39 is 5.91 Å². The minimum absolute atomic E-state index is 0.136. The van der Waals surface area contributed by atoms with Crippen LogP contribution in [0.2, 0.25) is 10.0 Å². The van der Waals surface area contributed by atoms with Crippen molar-refractivity contribution in [3.63, 3.8) is 0 Å². The van der Waals surface area contributed by atoms with Crippen LogP contribution in [-0.2, 0) is 0 Å². The summed E-state index contributed by atoms with van der Waals surface area (Å²) >= 11 is 11.8. The van der Waals surface area contributed by atoms with Gasteiger partial charge in [-0.25, -0.2) is 4.98 Å². The van der Waals surface area contributed by atoms with E-state index >= 15 is 0 Å². The van der Waals surface area contributed by atoms with Crippen molar-refractivity contribution in [3.05, 3.63) is 57.8 Å². The third kappa shape index (κ3) is 5.98. The van der Waals surface area contributed by atoms with E-state index in [1.807, 2.05) is 19.0 Å². The molecule has 0 radical (unpaired) electrons. The van der Waals surface area contributed by atoms with Crippen LogP contribution >= 0.6 is 23.2 Å². The second-order valence-corrected chi connectivity index (χ2v) is 6.72. The van der Waals surface area contributed by atoms with E-state index in [-0.39, 0.29) is 17.3 Å². The molecule has 0 saturated heterocycles. The second kappa shape index (κ2) is 9.52. The topological polar surface area (TPSA) is 74.3 Å². The van der Waals surface area contributed by atoms with Crippen LogP contribution in [0.25, 0.3) is 0 Å². The van der Waals surface area contributed by atoms with Crippen LogP contribution in [0.4, 0.5) is 5.69 Å². The second-order valence-electron chi connectivity index (χ2n) is 5.90. The molecule has 0 fully saturated rings. The van der Waals surface area contributed by atoms with Crippen molar-refractivity contribution in [1.29, 1.82) is 0 Å². The lowest BCUT2D eigenvalue weighted by Gasteiger charge is -2.10. The number of anilines is 1. The van der Waals surface area contributed by atoms with Gasteiger partial charge in [0.05, 0.1) is 10.0 Å². The minimum Gasteiger partial charge on any atom is -0.351 e. The first kappa shape index (κ1) is 20.2. The van der Waals surface area contributed by atoms with Crippen LogP contribution in [-0.4, -0.2) is 48.9 Å². The molecule has 1 aromatic carbocycles. The van der Waals surface area contributed by atoms with Crippen LogP contribution in [0.3, 0.4) is 0 Å². The Labute approximate surface area is 162 Å². The van der Waals surface area contributed by atoms with Gasteiger partial charge in [-0.05, 0) is 57.4 Å². The monoisotopic (exact) mass is 394 g/mol. The maximum absolute atomic E-state index is 12.3. The molecule has 1 heterocycles. The summed E-state index contributed by atoms with van der Waals surface area (Å²) < 4.78 is 0. The molecule has 0 atom stereocenters. The molecule has 26 heavy (non-hydrogen) atoms. The standard InChI is InChI=1S/C18H20Cl2N4O2/c1-24(2)10-4-9-21-17(25)15-5-3-6-16(23-15)18(26)22-12-7-8-13(19)14(20)11-12/h3,5-8,11H,4,9-10H2,1-2H3,(H,21,25)(H,22,26). The van der Waals surface area contributed by atoms with Gasteiger partial charge in [0.15, 0.2) is 0 Å². The first-order chi connectivity index (χ1) is 12.4. The number of amides is 2. The fraction of sp³-hybridized carbons (Fsp3) is 0.278. The fourth-order valence-corrected chi connectivity index (χ4v) is 2.44. The Hall–Kier alpha value is -2.15. The van der Waals surface area contributed by atoms with Gasteiger partial charge in [-0.3, -0.25) is 9.59 Å². The van der Waals surface area contributed by atoms with Crippen molar-refractivity contribution >= 4 is 40.7 Å². The van der Waals surface area contributed by atoms with Crippen molar-refractivity contribution < 1.29 is 9.59 Å². The molecule has 138 valence electrons. The molecular weight excluding hydrogens is 375 g/mol. The molecule has 8 heteroatoms. The van der Waals surface area contributed by atoms with Gasteiger partial charge in [0.1, 0.15) is 11.4 Å². The largest absolute Gasteiger partial charge is 0.351 e. The normalized spacial score (nSPS) is 10.7. The molecule has 0 aliphatic carbocycles. The Morgan fingerprint density at radius 3 is 2.38 bits per heavy atom. The summed E-state index contributed by atoms with van der Waals surface area (Å²) in [5.74, 6) is -0.751. The Balaban J connectivity index is 1.99. The molecule has 2 N–H and O–H groups in total. The van der Waals surface area contributed by atoms with E-state index in [1.165, 1.54) is 6.07 Å². The van der Waals surface area contributed by atoms with Crippen LogP contribution in [0.15, 0.2) is 36.4 Å². The highest BCUT2D eigenvalue weighted by Gasteiger charge is 2.13. The van der Waals surface area contributed by atoms with Crippen molar-refractivity contribution in [1.82, 2.24) is 15.2 Å². The minimum atomic E-state index is -0.439. The average Bonchev–Trinajstić information content (AvgIpc) is 2.61. The Kier molecular flexibility index (Phi) is 7.38. The molecule has 0 spiro atoms. The third-order valence-electron chi connectivity index (χ3n) is 3.46. The maximum Gasteiger partial charge on any atom is 0.274 e. The molecule has 2 rings (SSSR count). The van der Waals surface area contributed by atoms with Crippen molar-refractivity contribution in [2.45, 2.75) is 6.42 Å². The number of nitrogens with one attached hydrogen (secondary N) is 2. The van der Waals surface area contributed by atoms with Crippen molar-refractivity contribution in [3.8, 4) is 0 Å². The fourth-order valence-electron chi connectivity index (χ4n) is 2.14. The van der Waals surface area contributed by atoms with E-state index in [0.717, 1.165) is 13.0 Å². The summed E-state index contributed by atoms with van der Waals surface area (Å²) in [6.45, 7) is 1.41. The number of rotatable bonds is 7. The lowest BCUT2D eigenvalue weighted by Crippen LogP contribution is -2.28. The molecule has 1 aromatic heterocycles. The summed E-state index contributed by atoms with van der Waals surface area (Å²) in [5, 5.41) is 6.20. The molecule has 2 amide bonds. The van der Waals surface area contributed by atoms with E-state index in [1.54, 1.807) is 30.3 Å². The summed E-state index contributed by atoms with van der Waals surface area (Å²) in [6.07, 6.45) is 0.830. The maximum atomic E-state index is 12.3. The molecule has 2 aromatic rings. The number of halogens is 2. The lowest BCUT2D eigenvalue weighted by atomic mass is 10.2. The zero-order valence-electron chi connectivity index (χ0n) is 14.6. The number of hydrogen-bond donors (Lipinski definition) is 2. The highest BCUT2D eigenvalue weighted by molar-refractivity contribution is 6.42. The first-order valence-electron chi connectivity index (χ1n) is 8.03. The van der Waals surface area contributed by atoms with Crippen LogP contribution in [0, 0.1) is 0 Å². The number of aromatic nitrogens is 1. The van der Waals surface area contributed by atoms with Gasteiger partial charge < -0.3 is 15.5 Å². The molecule has 0 unspecified atom stereocenters. The first-order valence-corrected chi connectivity index (χ1v) is 8.79. The van der Waals surface area contributed by atoms with Gasteiger partial charge in [0, 0.05) is 12.2 Å². The number of benzene rings is 1. The molecule has 0 bridgehead atoms. The summed E-state index contributed by atoms with van der Waals surface area (Å²) in [4.78, 5) is 30.7. The molecule has 0 saturated carbocycles. The van der Waals surface area contributed by atoms with E-state index in [2.05, 4.69) is 15.6 Å². The highest BCUT2D eigenvalue weighted by atomic mass is 35.5. The number of pyridine rings is 1. The van der Waals surface area contributed by atoms with E-state index in [0.29, 0.717) is 22.3 Å². The van der Waals surface area contributed by atoms with E-state index in [9.17, 15) is 9.59 Å². The average molecular weight is 395 g/mol. The zero-order valence-corrected chi connectivity index (χ0v) is 16.1. The van der Waals surface area contributed by atoms with Gasteiger partial charge in [0.2, 0.25) is 0 Å². The number of hydrogen-bond acceptors (Lipinski definition) is 4. The molecule has 6 nitrogen and oxygen atoms in total. The third-order valence-corrected chi connectivity index (χ3v) is 4.20. The Morgan fingerprint density at radius 1 is 1.04 bits per heavy atom. The number of carbonyl (C=O) groups excluding carboxylic acids is 2. The molecule has 0 aliphatic rings. The molecular formula is C18H20Cl2N4O2. The number of carbonyl (C=O) groups is 2. The smallest absolute Gasteiger partial charge is 0.274 e. The lowest BCUT2D eigenvalue weighted by molar-refractivity contribution is 0.0947. The molecule has 0 aliphatic heterocycles. The van der Waals surface area contributed by atoms with Gasteiger partial charge >= 0.3 is 0 Å². The Morgan fingerprint density at radius 2 is 1.73 bits per heavy atom. The Bertz CT molecular complexity index is 797. The predicted molar refractivity (Wildman–Crippen MR) is 104 cm³/mol. The SMILES string of the molecule is CN(C)CCCNC(=O)c1cccc(C(=O)Nc2ccc(Cl)c(Cl)c2)n1. The summed E-state index contributed by atoms with van der Waals surface area (Å²) in [6, 6.07) is 9.49.